The second kappa shape index (κ2) is 4.63. The van der Waals surface area contributed by atoms with Crippen LogP contribution in [-0.4, -0.2) is 25.8 Å². The van der Waals surface area contributed by atoms with E-state index in [0.29, 0.717) is 19.3 Å². The van der Waals surface area contributed by atoms with Gasteiger partial charge in [0, 0.05) is 13.5 Å². The molecule has 5 nitrogen and oxygen atoms in total. The third-order valence-corrected chi connectivity index (χ3v) is 3.49. The smallest absolute Gasteiger partial charge is 0.310 e. The van der Waals surface area contributed by atoms with E-state index in [9.17, 15) is 9.90 Å². The van der Waals surface area contributed by atoms with E-state index in [-0.39, 0.29) is 0 Å². The molecular weight excluding hydrogens is 206 g/mol. The number of rotatable bonds is 5. The van der Waals surface area contributed by atoms with Crippen molar-refractivity contribution < 1.29 is 9.90 Å². The fourth-order valence-corrected chi connectivity index (χ4v) is 1.79. The maximum Gasteiger partial charge on any atom is 0.310 e. The van der Waals surface area contributed by atoms with Crippen LogP contribution in [0.15, 0.2) is 0 Å². The van der Waals surface area contributed by atoms with Gasteiger partial charge in [0.25, 0.3) is 0 Å². The van der Waals surface area contributed by atoms with Gasteiger partial charge in [0.15, 0.2) is 0 Å². The molecule has 1 rings (SSSR count). The molecule has 0 bridgehead atoms. The van der Waals surface area contributed by atoms with Crippen LogP contribution in [-0.2, 0) is 18.3 Å². The molecule has 90 valence electrons. The van der Waals surface area contributed by atoms with Crippen molar-refractivity contribution in [2.45, 2.75) is 40.0 Å². The minimum absolute atomic E-state index is 0.437. The van der Waals surface area contributed by atoms with Crippen LogP contribution in [0.1, 0.15) is 38.3 Å². The molecule has 0 aromatic carbocycles. The molecule has 1 aromatic heterocycles. The summed E-state index contributed by atoms with van der Waals surface area (Å²) < 4.78 is 1.85. The van der Waals surface area contributed by atoms with Crippen LogP contribution in [0.3, 0.4) is 0 Å². The van der Waals surface area contributed by atoms with E-state index in [2.05, 4.69) is 10.2 Å². The monoisotopic (exact) mass is 225 g/mol. The third kappa shape index (κ3) is 2.08. The lowest BCUT2D eigenvalue weighted by atomic mass is 9.79. The Morgan fingerprint density at radius 1 is 1.38 bits per heavy atom. The lowest BCUT2D eigenvalue weighted by Gasteiger charge is -2.25. The average molecular weight is 225 g/mol. The SMILES string of the molecule is CCC(CC)(Cc1nnc(C)n1C)C(=O)O. The molecule has 0 fully saturated rings. The van der Waals surface area contributed by atoms with E-state index in [4.69, 9.17) is 0 Å². The van der Waals surface area contributed by atoms with Crippen molar-refractivity contribution in [3.05, 3.63) is 11.6 Å². The van der Waals surface area contributed by atoms with Gasteiger partial charge in [-0.2, -0.15) is 0 Å². The first-order chi connectivity index (χ1) is 7.46. The Labute approximate surface area is 95.5 Å². The maximum absolute atomic E-state index is 11.3. The first-order valence-corrected chi connectivity index (χ1v) is 5.55. The lowest BCUT2D eigenvalue weighted by molar-refractivity contribution is -0.149. The van der Waals surface area contributed by atoms with Gasteiger partial charge in [-0.3, -0.25) is 4.79 Å². The van der Waals surface area contributed by atoms with Gasteiger partial charge in [0.1, 0.15) is 11.6 Å². The van der Waals surface area contributed by atoms with Gasteiger partial charge in [-0.1, -0.05) is 13.8 Å². The number of carboxylic acid groups (broad SMARTS) is 1. The maximum atomic E-state index is 11.3. The number of hydrogen-bond donors (Lipinski definition) is 1. The summed E-state index contributed by atoms with van der Waals surface area (Å²) in [5.74, 6) is 0.795. The predicted octanol–water partition coefficient (Wildman–Crippen LogP) is 1.56. The molecular formula is C11H19N3O2. The molecule has 16 heavy (non-hydrogen) atoms. The van der Waals surface area contributed by atoms with Gasteiger partial charge in [-0.15, -0.1) is 10.2 Å². The third-order valence-electron chi connectivity index (χ3n) is 3.49. The first-order valence-electron chi connectivity index (χ1n) is 5.55. The molecule has 0 radical (unpaired) electrons. The molecule has 1 heterocycles. The van der Waals surface area contributed by atoms with Crippen LogP contribution >= 0.6 is 0 Å². The molecule has 0 unspecified atom stereocenters. The van der Waals surface area contributed by atoms with Gasteiger partial charge in [-0.05, 0) is 19.8 Å². The van der Waals surface area contributed by atoms with E-state index < -0.39 is 11.4 Å². The van der Waals surface area contributed by atoms with Crippen molar-refractivity contribution in [2.75, 3.05) is 0 Å². The zero-order valence-corrected chi connectivity index (χ0v) is 10.3. The molecule has 0 spiro atoms. The average Bonchev–Trinajstić information content (AvgIpc) is 2.57. The lowest BCUT2D eigenvalue weighted by Crippen LogP contribution is -2.33. The quantitative estimate of drug-likeness (QED) is 0.825. The summed E-state index contributed by atoms with van der Waals surface area (Å²) in [6.45, 7) is 5.67. The summed E-state index contributed by atoms with van der Waals surface area (Å²) in [6, 6.07) is 0. The topological polar surface area (TPSA) is 68.0 Å². The highest BCUT2D eigenvalue weighted by atomic mass is 16.4. The Bertz CT molecular complexity index is 381. The second-order valence-electron chi connectivity index (χ2n) is 4.19. The predicted molar refractivity (Wildman–Crippen MR) is 60.1 cm³/mol. The molecule has 5 heteroatoms. The van der Waals surface area contributed by atoms with Crippen molar-refractivity contribution in [1.82, 2.24) is 14.8 Å². The highest BCUT2D eigenvalue weighted by Gasteiger charge is 2.36. The van der Waals surface area contributed by atoms with Crippen LogP contribution in [0.5, 0.6) is 0 Å². The van der Waals surface area contributed by atoms with E-state index in [1.54, 1.807) is 0 Å². The number of carboxylic acids is 1. The number of nitrogens with zero attached hydrogens (tertiary/aromatic N) is 3. The number of aryl methyl sites for hydroxylation is 1. The Kier molecular flexibility index (Phi) is 3.67. The molecule has 0 saturated carbocycles. The van der Waals surface area contributed by atoms with Gasteiger partial charge >= 0.3 is 5.97 Å². The largest absolute Gasteiger partial charge is 0.481 e. The highest BCUT2D eigenvalue weighted by molar-refractivity contribution is 5.74. The molecule has 1 N–H and O–H groups in total. The summed E-state index contributed by atoms with van der Waals surface area (Å²) in [5.41, 5.74) is -0.715. The van der Waals surface area contributed by atoms with Crippen LogP contribution in [0.25, 0.3) is 0 Å². The molecule has 1 aromatic rings. The van der Waals surface area contributed by atoms with Crippen molar-refractivity contribution in [2.24, 2.45) is 12.5 Å². The Hall–Kier alpha value is -1.39. The summed E-state index contributed by atoms with van der Waals surface area (Å²) in [6.07, 6.45) is 1.64. The number of aromatic nitrogens is 3. The second-order valence-corrected chi connectivity index (χ2v) is 4.19. The van der Waals surface area contributed by atoms with E-state index in [0.717, 1.165) is 11.6 Å². The molecule has 0 amide bonds. The van der Waals surface area contributed by atoms with Crippen LogP contribution in [0, 0.1) is 12.3 Å². The minimum Gasteiger partial charge on any atom is -0.481 e. The van der Waals surface area contributed by atoms with Crippen molar-refractivity contribution >= 4 is 5.97 Å². The van der Waals surface area contributed by atoms with Crippen LogP contribution in [0.2, 0.25) is 0 Å². The number of aliphatic carboxylic acids is 1. The highest BCUT2D eigenvalue weighted by Crippen LogP contribution is 2.30. The Morgan fingerprint density at radius 3 is 2.25 bits per heavy atom. The molecule has 0 aliphatic carbocycles. The number of hydrogen-bond acceptors (Lipinski definition) is 3. The van der Waals surface area contributed by atoms with Gasteiger partial charge < -0.3 is 9.67 Å². The van der Waals surface area contributed by atoms with Gasteiger partial charge in [0.05, 0.1) is 5.41 Å². The minimum atomic E-state index is -0.752. The van der Waals surface area contributed by atoms with Crippen molar-refractivity contribution in [1.29, 1.82) is 0 Å². The van der Waals surface area contributed by atoms with Gasteiger partial charge in [-0.25, -0.2) is 0 Å². The van der Waals surface area contributed by atoms with Crippen LogP contribution in [0.4, 0.5) is 0 Å². The van der Waals surface area contributed by atoms with E-state index in [1.807, 2.05) is 32.4 Å². The fraction of sp³-hybridized carbons (Fsp3) is 0.727. The van der Waals surface area contributed by atoms with Crippen molar-refractivity contribution in [3.63, 3.8) is 0 Å². The van der Waals surface area contributed by atoms with Crippen LogP contribution < -0.4 is 0 Å². The summed E-state index contributed by atoms with van der Waals surface area (Å²) in [7, 11) is 1.86. The first kappa shape index (κ1) is 12.7. The standard InChI is InChI=1S/C11H19N3O2/c1-5-11(6-2,10(15)16)7-9-13-12-8(3)14(9)4/h5-7H2,1-4H3,(H,15,16). The normalized spacial score (nSPS) is 11.8. The molecule has 0 aliphatic heterocycles. The zero-order valence-electron chi connectivity index (χ0n) is 10.3. The van der Waals surface area contributed by atoms with Crippen molar-refractivity contribution in [3.8, 4) is 0 Å². The van der Waals surface area contributed by atoms with Gasteiger partial charge in [0.2, 0.25) is 0 Å². The Balaban J connectivity index is 3.01. The summed E-state index contributed by atoms with van der Waals surface area (Å²) in [4.78, 5) is 11.3. The van der Waals surface area contributed by atoms with E-state index in [1.165, 1.54) is 0 Å². The van der Waals surface area contributed by atoms with E-state index >= 15 is 0 Å². The molecule has 0 atom stereocenters. The fourth-order valence-electron chi connectivity index (χ4n) is 1.79. The number of carbonyl (C=O) groups is 1. The molecule has 0 aliphatic rings. The summed E-state index contributed by atoms with van der Waals surface area (Å²) >= 11 is 0. The zero-order chi connectivity index (χ0) is 12.3. The molecule has 0 saturated heterocycles. The summed E-state index contributed by atoms with van der Waals surface area (Å²) in [5, 5.41) is 17.3. The Morgan fingerprint density at radius 2 is 1.94 bits per heavy atom.